The second kappa shape index (κ2) is 6.15. The van der Waals surface area contributed by atoms with Crippen LogP contribution in [0.4, 0.5) is 0 Å². The fraction of sp³-hybridized carbons (Fsp3) is 0.667. The summed E-state index contributed by atoms with van der Waals surface area (Å²) in [5.74, 6) is 0.629. The Balaban J connectivity index is 1.90. The van der Waals surface area contributed by atoms with Crippen molar-refractivity contribution in [3.05, 3.63) is 16.6 Å². The smallest absolute Gasteiger partial charge is 0.264 e. The normalized spacial score (nSPS) is 21.0. The Hall–Kier alpha value is -1.40. The minimum atomic E-state index is -0.297. The lowest BCUT2D eigenvalue weighted by atomic mass is 10.1. The van der Waals surface area contributed by atoms with E-state index in [0.717, 1.165) is 27.3 Å². The van der Waals surface area contributed by atoms with Crippen molar-refractivity contribution < 1.29 is 9.53 Å². The van der Waals surface area contributed by atoms with Gasteiger partial charge in [0.05, 0.1) is 22.3 Å². The van der Waals surface area contributed by atoms with Crippen LogP contribution in [0.2, 0.25) is 0 Å². The van der Waals surface area contributed by atoms with Crippen molar-refractivity contribution in [3.63, 3.8) is 0 Å². The maximum absolute atomic E-state index is 13.0. The highest BCUT2D eigenvalue weighted by atomic mass is 32.1. The third kappa shape index (κ3) is 3.35. The molecule has 2 aromatic heterocycles. The van der Waals surface area contributed by atoms with Gasteiger partial charge in [0.1, 0.15) is 4.83 Å². The van der Waals surface area contributed by atoms with E-state index in [0.29, 0.717) is 19.0 Å². The van der Waals surface area contributed by atoms with E-state index in [1.807, 2.05) is 43.3 Å². The molecule has 132 valence electrons. The highest BCUT2D eigenvalue weighted by Crippen LogP contribution is 2.31. The van der Waals surface area contributed by atoms with Crippen LogP contribution in [0.5, 0.6) is 0 Å². The Kier molecular flexibility index (Phi) is 4.47. The first-order chi connectivity index (χ1) is 11.2. The molecule has 24 heavy (non-hydrogen) atoms. The summed E-state index contributed by atoms with van der Waals surface area (Å²) in [6.07, 6.45) is 0.0604. The number of hydrogen-bond donors (Lipinski definition) is 0. The molecule has 1 fully saturated rings. The standard InChI is InChI=1S/C18H27N3O2S/c1-11(2)8-21-17-14(13(4)19-21)7-15(24-17)16(22)20-9-12(3)23-18(5,6)10-20/h7,11-12H,8-10H2,1-6H3/t12-/m0/s1. The number of hydrogen-bond acceptors (Lipinski definition) is 4. The molecule has 2 aromatic rings. The summed E-state index contributed by atoms with van der Waals surface area (Å²) >= 11 is 1.56. The van der Waals surface area contributed by atoms with Gasteiger partial charge in [0, 0.05) is 25.0 Å². The lowest BCUT2D eigenvalue weighted by molar-refractivity contribution is -0.118. The van der Waals surface area contributed by atoms with Crippen LogP contribution in [0.25, 0.3) is 10.2 Å². The summed E-state index contributed by atoms with van der Waals surface area (Å²) < 4.78 is 7.96. The van der Waals surface area contributed by atoms with E-state index in [9.17, 15) is 4.79 Å². The number of ether oxygens (including phenoxy) is 1. The van der Waals surface area contributed by atoms with Crippen LogP contribution >= 0.6 is 11.3 Å². The van der Waals surface area contributed by atoms with Crippen molar-refractivity contribution in [1.82, 2.24) is 14.7 Å². The van der Waals surface area contributed by atoms with Crippen LogP contribution < -0.4 is 0 Å². The van der Waals surface area contributed by atoms with Gasteiger partial charge in [-0.1, -0.05) is 13.8 Å². The van der Waals surface area contributed by atoms with Crippen LogP contribution in [0.3, 0.4) is 0 Å². The molecule has 0 aliphatic carbocycles. The maximum atomic E-state index is 13.0. The molecule has 0 spiro atoms. The van der Waals surface area contributed by atoms with Gasteiger partial charge in [-0.05, 0) is 39.7 Å². The zero-order chi connectivity index (χ0) is 17.6. The van der Waals surface area contributed by atoms with E-state index in [1.165, 1.54) is 0 Å². The predicted molar refractivity (Wildman–Crippen MR) is 97.7 cm³/mol. The van der Waals surface area contributed by atoms with Gasteiger partial charge in [0.15, 0.2) is 0 Å². The van der Waals surface area contributed by atoms with Gasteiger partial charge < -0.3 is 9.64 Å². The lowest BCUT2D eigenvalue weighted by Gasteiger charge is -2.41. The molecular weight excluding hydrogens is 322 g/mol. The van der Waals surface area contributed by atoms with Gasteiger partial charge in [0.2, 0.25) is 0 Å². The number of aromatic nitrogens is 2. The third-order valence-corrected chi connectivity index (χ3v) is 5.35. The molecule has 0 unspecified atom stereocenters. The average molecular weight is 350 g/mol. The maximum Gasteiger partial charge on any atom is 0.264 e. The van der Waals surface area contributed by atoms with Crippen LogP contribution in [0, 0.1) is 12.8 Å². The number of morpholine rings is 1. The van der Waals surface area contributed by atoms with E-state index in [1.54, 1.807) is 11.3 Å². The SMILES string of the molecule is Cc1nn(CC(C)C)c2sc(C(=O)N3C[C@H](C)OC(C)(C)C3)cc12. The first kappa shape index (κ1) is 17.4. The van der Waals surface area contributed by atoms with Crippen molar-refractivity contribution in [3.8, 4) is 0 Å². The predicted octanol–water partition coefficient (Wildman–Crippen LogP) is 3.70. The van der Waals surface area contributed by atoms with E-state index in [-0.39, 0.29) is 17.6 Å². The Labute approximate surface area is 147 Å². The minimum Gasteiger partial charge on any atom is -0.369 e. The average Bonchev–Trinajstić information content (AvgIpc) is 2.97. The van der Waals surface area contributed by atoms with Crippen molar-refractivity contribution in [2.45, 2.75) is 59.8 Å². The number of aryl methyl sites for hydroxylation is 1. The van der Waals surface area contributed by atoms with E-state index in [2.05, 4.69) is 18.9 Å². The number of amides is 1. The van der Waals surface area contributed by atoms with Crippen molar-refractivity contribution in [2.75, 3.05) is 13.1 Å². The third-order valence-electron chi connectivity index (χ3n) is 4.21. The summed E-state index contributed by atoms with van der Waals surface area (Å²) in [6.45, 7) is 14.6. The summed E-state index contributed by atoms with van der Waals surface area (Å²) in [6, 6.07) is 2.01. The highest BCUT2D eigenvalue weighted by Gasteiger charge is 2.34. The number of rotatable bonds is 3. The first-order valence-corrected chi connectivity index (χ1v) is 9.42. The number of thiophene rings is 1. The highest BCUT2D eigenvalue weighted by molar-refractivity contribution is 7.20. The first-order valence-electron chi connectivity index (χ1n) is 8.60. The van der Waals surface area contributed by atoms with Crippen molar-refractivity contribution in [2.24, 2.45) is 5.92 Å². The van der Waals surface area contributed by atoms with Gasteiger partial charge in [-0.3, -0.25) is 9.48 Å². The second-order valence-electron chi connectivity index (χ2n) is 7.86. The summed E-state index contributed by atoms with van der Waals surface area (Å²) in [7, 11) is 0. The molecule has 1 aliphatic heterocycles. The molecule has 6 heteroatoms. The van der Waals surface area contributed by atoms with Crippen LogP contribution in [0.1, 0.15) is 50.0 Å². The molecule has 0 saturated carbocycles. The van der Waals surface area contributed by atoms with Crippen LogP contribution in [-0.4, -0.2) is 45.4 Å². The van der Waals surface area contributed by atoms with Gasteiger partial charge in [0.25, 0.3) is 5.91 Å². The number of nitrogens with zero attached hydrogens (tertiary/aromatic N) is 3. The Bertz CT molecular complexity index is 760. The molecule has 1 aliphatic rings. The molecule has 1 amide bonds. The summed E-state index contributed by atoms with van der Waals surface area (Å²) in [5.41, 5.74) is 0.700. The van der Waals surface area contributed by atoms with Crippen LogP contribution in [-0.2, 0) is 11.3 Å². The van der Waals surface area contributed by atoms with Gasteiger partial charge in [-0.15, -0.1) is 11.3 Å². The molecule has 1 atom stereocenters. The van der Waals surface area contributed by atoms with Crippen LogP contribution in [0.15, 0.2) is 6.07 Å². The van der Waals surface area contributed by atoms with Gasteiger partial charge in [-0.25, -0.2) is 0 Å². The number of carbonyl (C=O) groups is 1. The fourth-order valence-corrected chi connectivity index (χ4v) is 4.59. The molecule has 3 heterocycles. The largest absolute Gasteiger partial charge is 0.369 e. The van der Waals surface area contributed by atoms with Gasteiger partial charge in [-0.2, -0.15) is 5.10 Å². The van der Waals surface area contributed by atoms with E-state index < -0.39 is 0 Å². The molecule has 0 bridgehead atoms. The zero-order valence-electron chi connectivity index (χ0n) is 15.4. The number of carbonyl (C=O) groups excluding carboxylic acids is 1. The molecule has 0 aromatic carbocycles. The molecular formula is C18H27N3O2S. The van der Waals surface area contributed by atoms with E-state index >= 15 is 0 Å². The Morgan fingerprint density at radius 3 is 2.83 bits per heavy atom. The summed E-state index contributed by atoms with van der Waals surface area (Å²) in [4.78, 5) is 16.8. The Morgan fingerprint density at radius 2 is 2.21 bits per heavy atom. The monoisotopic (exact) mass is 349 g/mol. The van der Waals surface area contributed by atoms with Gasteiger partial charge >= 0.3 is 0 Å². The molecule has 1 saturated heterocycles. The molecule has 0 radical (unpaired) electrons. The second-order valence-corrected chi connectivity index (χ2v) is 8.90. The minimum absolute atomic E-state index is 0.0604. The quantitative estimate of drug-likeness (QED) is 0.849. The van der Waals surface area contributed by atoms with Crippen molar-refractivity contribution in [1.29, 1.82) is 0 Å². The van der Waals surface area contributed by atoms with Crippen molar-refractivity contribution >= 4 is 27.5 Å². The fourth-order valence-electron chi connectivity index (χ4n) is 3.45. The summed E-state index contributed by atoms with van der Waals surface area (Å²) in [5, 5.41) is 5.72. The number of fused-ring (bicyclic) bond motifs is 1. The lowest BCUT2D eigenvalue weighted by Crippen LogP contribution is -2.53. The van der Waals surface area contributed by atoms with E-state index in [4.69, 9.17) is 4.74 Å². The Morgan fingerprint density at radius 1 is 1.50 bits per heavy atom. The zero-order valence-corrected chi connectivity index (χ0v) is 16.2. The molecule has 0 N–H and O–H groups in total. The molecule has 3 rings (SSSR count). The topological polar surface area (TPSA) is 47.4 Å². The molecule has 5 nitrogen and oxygen atoms in total.